The average Bonchev–Trinajstić information content (AvgIpc) is 2.80. The van der Waals surface area contributed by atoms with Crippen LogP contribution in [0.5, 0.6) is 0 Å². The number of piperidine rings is 1. The van der Waals surface area contributed by atoms with Gasteiger partial charge in [0.15, 0.2) is 0 Å². The highest BCUT2D eigenvalue weighted by Gasteiger charge is 2.48. The molecule has 0 aromatic carbocycles. The molecule has 3 rings (SSSR count). The normalized spacial score (nSPS) is 35.6. The molecule has 6 nitrogen and oxygen atoms in total. The van der Waals surface area contributed by atoms with Crippen molar-refractivity contribution >= 4 is 12.0 Å². The van der Waals surface area contributed by atoms with Crippen LogP contribution < -0.4 is 5.32 Å². The van der Waals surface area contributed by atoms with E-state index in [1.165, 1.54) is 0 Å². The topological polar surface area (TPSA) is 72.9 Å². The van der Waals surface area contributed by atoms with Crippen LogP contribution in [0.3, 0.4) is 0 Å². The number of nitrogens with one attached hydrogen (secondary N) is 1. The van der Waals surface area contributed by atoms with Crippen molar-refractivity contribution in [3.05, 3.63) is 0 Å². The third-order valence-corrected chi connectivity index (χ3v) is 6.07. The molecule has 1 spiro atoms. The molecule has 2 aliphatic heterocycles. The molecule has 6 heteroatoms. The molecule has 0 radical (unpaired) electrons. The first-order valence-electron chi connectivity index (χ1n) is 8.34. The lowest BCUT2D eigenvalue weighted by atomic mass is 9.73. The number of urea groups is 1. The number of nitrogens with zero attached hydrogens (tertiary/aromatic N) is 2. The number of likely N-dealkylation sites (tertiary alicyclic amines) is 1. The van der Waals surface area contributed by atoms with Gasteiger partial charge < -0.3 is 20.2 Å². The van der Waals surface area contributed by atoms with Gasteiger partial charge in [-0.05, 0) is 52.5 Å². The fourth-order valence-corrected chi connectivity index (χ4v) is 4.13. The van der Waals surface area contributed by atoms with Crippen molar-refractivity contribution in [1.82, 2.24) is 15.1 Å². The van der Waals surface area contributed by atoms with Crippen molar-refractivity contribution in [2.75, 3.05) is 26.7 Å². The lowest BCUT2D eigenvalue weighted by molar-refractivity contribution is -0.150. The van der Waals surface area contributed by atoms with Crippen molar-refractivity contribution in [1.29, 1.82) is 0 Å². The van der Waals surface area contributed by atoms with Gasteiger partial charge in [0.1, 0.15) is 0 Å². The van der Waals surface area contributed by atoms with Crippen LogP contribution in [-0.2, 0) is 4.79 Å². The molecule has 1 aliphatic carbocycles. The summed E-state index contributed by atoms with van der Waals surface area (Å²) in [4.78, 5) is 28.0. The Bertz CT molecular complexity index is 463. The summed E-state index contributed by atoms with van der Waals surface area (Å²) in [7, 11) is 2.12. The minimum Gasteiger partial charge on any atom is -0.481 e. The molecule has 2 N–H and O–H groups in total. The Kier molecular flexibility index (Phi) is 3.83. The molecule has 0 bridgehead atoms. The standard InChI is InChI=1S/C16H27N3O3/c1-15(13(20)21)5-3-12(4-6-15)19-11-16(17-14(19)22)7-9-18(2)10-8-16/h12H,3-11H2,1-2H3,(H,17,22)(H,20,21)/t12-,15-. The van der Waals surface area contributed by atoms with Crippen molar-refractivity contribution in [2.45, 2.75) is 57.0 Å². The van der Waals surface area contributed by atoms with Gasteiger partial charge in [0.2, 0.25) is 0 Å². The highest BCUT2D eigenvalue weighted by molar-refractivity contribution is 5.78. The van der Waals surface area contributed by atoms with Gasteiger partial charge in [-0.3, -0.25) is 4.79 Å². The molecule has 1 saturated carbocycles. The van der Waals surface area contributed by atoms with Gasteiger partial charge in [0, 0.05) is 25.7 Å². The molecule has 2 saturated heterocycles. The summed E-state index contributed by atoms with van der Waals surface area (Å²) in [5, 5.41) is 12.6. The SMILES string of the molecule is CN1CCC2(CC1)CN([C@H]1CC[C@](C)(C(=O)O)CC1)C(=O)N2. The molecule has 3 fully saturated rings. The van der Waals surface area contributed by atoms with Crippen molar-refractivity contribution in [3.63, 3.8) is 0 Å². The van der Waals surface area contributed by atoms with Crippen LogP contribution in [0, 0.1) is 5.41 Å². The molecule has 124 valence electrons. The van der Waals surface area contributed by atoms with E-state index in [1.54, 1.807) is 0 Å². The zero-order chi connectivity index (χ0) is 16.0. The highest BCUT2D eigenvalue weighted by atomic mass is 16.4. The monoisotopic (exact) mass is 309 g/mol. The first-order valence-corrected chi connectivity index (χ1v) is 8.34. The van der Waals surface area contributed by atoms with Gasteiger partial charge in [0.25, 0.3) is 0 Å². The van der Waals surface area contributed by atoms with E-state index in [0.717, 1.165) is 45.3 Å². The smallest absolute Gasteiger partial charge is 0.318 e. The second-order valence-corrected chi connectivity index (χ2v) is 7.74. The second kappa shape index (κ2) is 5.41. The summed E-state index contributed by atoms with van der Waals surface area (Å²) in [6.07, 6.45) is 4.92. The Balaban J connectivity index is 1.62. The maximum atomic E-state index is 12.4. The van der Waals surface area contributed by atoms with Crippen molar-refractivity contribution in [2.24, 2.45) is 5.41 Å². The van der Waals surface area contributed by atoms with E-state index < -0.39 is 11.4 Å². The lowest BCUT2D eigenvalue weighted by Gasteiger charge is -2.40. The molecular weight excluding hydrogens is 282 g/mol. The van der Waals surface area contributed by atoms with Crippen LogP contribution in [0.15, 0.2) is 0 Å². The number of hydrogen-bond acceptors (Lipinski definition) is 3. The molecule has 2 amide bonds. The van der Waals surface area contributed by atoms with Crippen LogP contribution in [0.4, 0.5) is 4.79 Å². The van der Waals surface area contributed by atoms with Crippen LogP contribution in [0.1, 0.15) is 45.4 Å². The maximum Gasteiger partial charge on any atom is 0.318 e. The van der Waals surface area contributed by atoms with Gasteiger partial charge in [-0.1, -0.05) is 0 Å². The van der Waals surface area contributed by atoms with E-state index in [4.69, 9.17) is 0 Å². The van der Waals surface area contributed by atoms with E-state index in [0.29, 0.717) is 12.8 Å². The Morgan fingerprint density at radius 2 is 1.82 bits per heavy atom. The highest BCUT2D eigenvalue weighted by Crippen LogP contribution is 2.39. The van der Waals surface area contributed by atoms with Crippen LogP contribution >= 0.6 is 0 Å². The van der Waals surface area contributed by atoms with E-state index in [-0.39, 0.29) is 17.6 Å². The lowest BCUT2D eigenvalue weighted by Crippen LogP contribution is -2.51. The second-order valence-electron chi connectivity index (χ2n) is 7.74. The fraction of sp³-hybridized carbons (Fsp3) is 0.875. The largest absolute Gasteiger partial charge is 0.481 e. The number of carboxylic acids is 1. The molecule has 22 heavy (non-hydrogen) atoms. The summed E-state index contributed by atoms with van der Waals surface area (Å²) in [6.45, 7) is 4.66. The third kappa shape index (κ3) is 2.69. The van der Waals surface area contributed by atoms with Crippen molar-refractivity contribution < 1.29 is 14.7 Å². The number of aliphatic carboxylic acids is 1. The predicted octanol–water partition coefficient (Wildman–Crippen LogP) is 1.51. The molecular formula is C16H27N3O3. The van der Waals surface area contributed by atoms with Crippen LogP contribution in [0.25, 0.3) is 0 Å². The van der Waals surface area contributed by atoms with E-state index in [2.05, 4.69) is 17.3 Å². The number of hydrogen-bond donors (Lipinski definition) is 2. The summed E-state index contributed by atoms with van der Waals surface area (Å²) in [6, 6.07) is 0.250. The molecule has 0 unspecified atom stereocenters. The Hall–Kier alpha value is -1.30. The number of carbonyl (C=O) groups excluding carboxylic acids is 1. The summed E-state index contributed by atoms with van der Waals surface area (Å²) >= 11 is 0. The Morgan fingerprint density at radius 1 is 1.23 bits per heavy atom. The van der Waals surface area contributed by atoms with Crippen molar-refractivity contribution in [3.8, 4) is 0 Å². The molecule has 2 heterocycles. The first kappa shape index (κ1) is 15.6. The first-order chi connectivity index (χ1) is 10.3. The van der Waals surface area contributed by atoms with Crippen LogP contribution in [-0.4, -0.2) is 65.2 Å². The van der Waals surface area contributed by atoms with Gasteiger partial charge in [-0.2, -0.15) is 0 Å². The molecule has 3 aliphatic rings. The van der Waals surface area contributed by atoms with E-state index in [1.807, 2.05) is 11.8 Å². The average molecular weight is 309 g/mol. The zero-order valence-electron chi connectivity index (χ0n) is 13.6. The summed E-state index contributed by atoms with van der Waals surface area (Å²) in [5.74, 6) is -0.705. The minimum atomic E-state index is -0.705. The molecule has 0 atom stereocenters. The van der Waals surface area contributed by atoms with Gasteiger partial charge in [-0.15, -0.1) is 0 Å². The number of carboxylic acid groups (broad SMARTS) is 1. The van der Waals surface area contributed by atoms with Crippen LogP contribution in [0.2, 0.25) is 0 Å². The number of rotatable bonds is 2. The Labute approximate surface area is 131 Å². The number of amides is 2. The fourth-order valence-electron chi connectivity index (χ4n) is 4.13. The van der Waals surface area contributed by atoms with Gasteiger partial charge >= 0.3 is 12.0 Å². The molecule has 0 aromatic heterocycles. The quantitative estimate of drug-likeness (QED) is 0.811. The summed E-state index contributed by atoms with van der Waals surface area (Å²) in [5.41, 5.74) is -0.672. The third-order valence-electron chi connectivity index (χ3n) is 6.07. The van der Waals surface area contributed by atoms with E-state index in [9.17, 15) is 14.7 Å². The molecule has 0 aromatic rings. The number of carbonyl (C=O) groups is 2. The maximum absolute atomic E-state index is 12.4. The van der Waals surface area contributed by atoms with E-state index >= 15 is 0 Å². The zero-order valence-corrected chi connectivity index (χ0v) is 13.6. The van der Waals surface area contributed by atoms with Gasteiger partial charge in [-0.25, -0.2) is 4.79 Å². The predicted molar refractivity (Wildman–Crippen MR) is 82.7 cm³/mol. The Morgan fingerprint density at radius 3 is 2.36 bits per heavy atom. The van der Waals surface area contributed by atoms with Gasteiger partial charge in [0.05, 0.1) is 11.0 Å². The summed E-state index contributed by atoms with van der Waals surface area (Å²) < 4.78 is 0. The minimum absolute atomic E-state index is 0.0495.